The first kappa shape index (κ1) is 25.1. The molecule has 0 fully saturated rings. The molecule has 174 valence electrons. The number of nitrogens with one attached hydrogen (secondary N) is 1. The summed E-state index contributed by atoms with van der Waals surface area (Å²) in [7, 11) is 0. The number of pyridine rings is 1. The maximum Gasteiger partial charge on any atom is 0.417 e. The van der Waals surface area contributed by atoms with E-state index in [4.69, 9.17) is 27.9 Å². The van der Waals surface area contributed by atoms with Gasteiger partial charge in [0.1, 0.15) is 11.3 Å². The Labute approximate surface area is 202 Å². The Bertz CT molecular complexity index is 1150. The lowest BCUT2D eigenvalue weighted by Gasteiger charge is -2.30. The number of benzene rings is 1. The van der Waals surface area contributed by atoms with Crippen molar-refractivity contribution in [2.75, 3.05) is 6.61 Å². The van der Waals surface area contributed by atoms with E-state index < -0.39 is 23.6 Å². The summed E-state index contributed by atoms with van der Waals surface area (Å²) >= 11 is 12.9. The zero-order valence-corrected chi connectivity index (χ0v) is 19.6. The van der Waals surface area contributed by atoms with Crippen molar-refractivity contribution in [3.63, 3.8) is 0 Å². The first-order chi connectivity index (χ1) is 15.6. The third-order valence-electron chi connectivity index (χ3n) is 4.73. The minimum absolute atomic E-state index is 0.0637. The third kappa shape index (κ3) is 5.54. The van der Waals surface area contributed by atoms with Crippen LogP contribution in [0.2, 0.25) is 10.0 Å². The summed E-state index contributed by atoms with van der Waals surface area (Å²) in [5.74, 6) is -1.40. The standard InChI is InChI=1S/C22H17Cl2F3N2O3S/c1-3-32-21(31)17-11(2)29-19(15(10-30)18(17)12-4-6-14(23)7-5-12)33-20-16(24)8-13(9-28-20)22(25,26)27/h4-10,18,29H,3H2,1-2H3. The van der Waals surface area contributed by atoms with Crippen LogP contribution in [0.15, 0.2) is 63.4 Å². The Morgan fingerprint density at radius 1 is 1.27 bits per heavy atom. The van der Waals surface area contributed by atoms with E-state index in [-0.39, 0.29) is 32.8 Å². The number of halogens is 5. The Hall–Kier alpha value is -2.49. The number of ether oxygens (including phenoxy) is 1. The molecule has 0 saturated heterocycles. The molecule has 1 aliphatic rings. The lowest BCUT2D eigenvalue weighted by Crippen LogP contribution is -2.29. The van der Waals surface area contributed by atoms with Crippen molar-refractivity contribution in [3.05, 3.63) is 79.6 Å². The molecule has 0 aliphatic carbocycles. The fourth-order valence-corrected chi connectivity index (χ4v) is 4.60. The highest BCUT2D eigenvalue weighted by Gasteiger charge is 2.36. The summed E-state index contributed by atoms with van der Waals surface area (Å²) < 4.78 is 44.0. The van der Waals surface area contributed by atoms with E-state index in [9.17, 15) is 22.8 Å². The molecule has 0 bridgehead atoms. The quantitative estimate of drug-likeness (QED) is 0.367. The van der Waals surface area contributed by atoms with Crippen molar-refractivity contribution in [2.24, 2.45) is 0 Å². The number of allylic oxidation sites excluding steroid dienone is 2. The highest BCUT2D eigenvalue weighted by Crippen LogP contribution is 2.43. The molecule has 0 radical (unpaired) electrons. The largest absolute Gasteiger partial charge is 0.463 e. The maximum atomic E-state index is 12.9. The van der Waals surface area contributed by atoms with Crippen LogP contribution < -0.4 is 5.32 Å². The van der Waals surface area contributed by atoms with E-state index >= 15 is 0 Å². The smallest absolute Gasteiger partial charge is 0.417 e. The van der Waals surface area contributed by atoms with Crippen LogP contribution in [0.3, 0.4) is 0 Å². The van der Waals surface area contributed by atoms with Crippen molar-refractivity contribution in [3.8, 4) is 0 Å². The molecule has 0 saturated carbocycles. The number of dihydropyridines is 1. The number of hydrogen-bond donors (Lipinski definition) is 1. The molecule has 0 amide bonds. The van der Waals surface area contributed by atoms with Crippen LogP contribution in [-0.2, 0) is 20.5 Å². The Balaban J connectivity index is 2.09. The Morgan fingerprint density at radius 3 is 2.48 bits per heavy atom. The molecule has 1 aromatic heterocycles. The van der Waals surface area contributed by atoms with E-state index in [0.717, 1.165) is 17.8 Å². The number of esters is 1. The minimum Gasteiger partial charge on any atom is -0.463 e. The van der Waals surface area contributed by atoms with Gasteiger partial charge in [0.15, 0.2) is 0 Å². The SMILES string of the molecule is CCOC(=O)C1=C(C)NC(Sc2ncc(C(F)(F)F)cc2Cl)=C(C=O)C1c1ccc(Cl)cc1. The zero-order chi connectivity index (χ0) is 24.3. The number of thioether (sulfide) groups is 1. The first-order valence-corrected chi connectivity index (χ1v) is 11.1. The Morgan fingerprint density at radius 2 is 1.94 bits per heavy atom. The number of carbonyl (C=O) groups is 2. The molecule has 1 aromatic carbocycles. The van der Waals surface area contributed by atoms with E-state index in [1.54, 1.807) is 38.1 Å². The van der Waals surface area contributed by atoms with Gasteiger partial charge in [-0.3, -0.25) is 4.79 Å². The number of aldehydes is 1. The molecule has 1 unspecified atom stereocenters. The Kier molecular flexibility index (Phi) is 7.76. The van der Waals surface area contributed by atoms with Crippen molar-refractivity contribution in [1.82, 2.24) is 10.3 Å². The van der Waals surface area contributed by atoms with Gasteiger partial charge in [-0.05, 0) is 37.6 Å². The molecule has 11 heteroatoms. The molecular formula is C22H17Cl2F3N2O3S. The molecule has 1 atom stereocenters. The number of rotatable bonds is 6. The van der Waals surface area contributed by atoms with E-state index in [2.05, 4.69) is 10.3 Å². The average molecular weight is 517 g/mol. The summed E-state index contributed by atoms with van der Waals surface area (Å²) in [5.41, 5.74) is 0.447. The summed E-state index contributed by atoms with van der Waals surface area (Å²) in [5, 5.41) is 3.57. The van der Waals surface area contributed by atoms with Crippen LogP contribution in [0, 0.1) is 0 Å². The number of carbonyl (C=O) groups excluding carboxylic acids is 2. The van der Waals surface area contributed by atoms with E-state index in [0.29, 0.717) is 28.8 Å². The van der Waals surface area contributed by atoms with Gasteiger partial charge in [-0.1, -0.05) is 47.1 Å². The van der Waals surface area contributed by atoms with Gasteiger partial charge < -0.3 is 10.1 Å². The predicted molar refractivity (Wildman–Crippen MR) is 120 cm³/mol. The van der Waals surface area contributed by atoms with Gasteiger partial charge in [0.25, 0.3) is 0 Å². The average Bonchev–Trinajstić information content (AvgIpc) is 2.74. The van der Waals surface area contributed by atoms with Gasteiger partial charge in [-0.25, -0.2) is 9.78 Å². The predicted octanol–water partition coefficient (Wildman–Crippen LogP) is 6.13. The van der Waals surface area contributed by atoms with Crippen LogP contribution in [0.5, 0.6) is 0 Å². The summed E-state index contributed by atoms with van der Waals surface area (Å²) in [4.78, 5) is 28.8. The van der Waals surface area contributed by atoms with Gasteiger partial charge in [0, 0.05) is 28.4 Å². The normalized spacial score (nSPS) is 16.5. The summed E-state index contributed by atoms with van der Waals surface area (Å²) in [6, 6.07) is 7.38. The van der Waals surface area contributed by atoms with Gasteiger partial charge in [0.2, 0.25) is 0 Å². The number of alkyl halides is 3. The van der Waals surface area contributed by atoms with Gasteiger partial charge in [-0.15, -0.1) is 0 Å². The highest BCUT2D eigenvalue weighted by molar-refractivity contribution is 8.03. The fraction of sp³-hybridized carbons (Fsp3) is 0.227. The molecule has 2 heterocycles. The zero-order valence-electron chi connectivity index (χ0n) is 17.3. The van der Waals surface area contributed by atoms with Crippen LogP contribution in [-0.4, -0.2) is 23.8 Å². The van der Waals surface area contributed by atoms with Crippen LogP contribution in [0.25, 0.3) is 0 Å². The molecule has 1 N–H and O–H groups in total. The fourth-order valence-electron chi connectivity index (χ4n) is 3.25. The van der Waals surface area contributed by atoms with Gasteiger partial charge in [-0.2, -0.15) is 13.2 Å². The van der Waals surface area contributed by atoms with Crippen LogP contribution in [0.1, 0.15) is 30.9 Å². The van der Waals surface area contributed by atoms with E-state index in [1.807, 2.05) is 0 Å². The number of hydrogen-bond acceptors (Lipinski definition) is 6. The molecule has 0 spiro atoms. The second kappa shape index (κ2) is 10.2. The molecule has 2 aromatic rings. The van der Waals surface area contributed by atoms with Crippen LogP contribution in [0.4, 0.5) is 13.2 Å². The molecular weight excluding hydrogens is 500 g/mol. The molecule has 33 heavy (non-hydrogen) atoms. The van der Waals surface area contributed by atoms with E-state index in [1.165, 1.54) is 0 Å². The van der Waals surface area contributed by atoms with Crippen molar-refractivity contribution >= 4 is 47.2 Å². The topological polar surface area (TPSA) is 68.3 Å². The first-order valence-electron chi connectivity index (χ1n) is 9.57. The third-order valence-corrected chi connectivity index (χ3v) is 6.44. The number of aromatic nitrogens is 1. The van der Waals surface area contributed by atoms with Crippen molar-refractivity contribution in [2.45, 2.75) is 31.0 Å². The second-order valence-corrected chi connectivity index (χ2v) is 8.72. The maximum absolute atomic E-state index is 12.9. The van der Waals surface area contributed by atoms with Crippen molar-refractivity contribution in [1.29, 1.82) is 0 Å². The monoisotopic (exact) mass is 516 g/mol. The van der Waals surface area contributed by atoms with Gasteiger partial charge >= 0.3 is 12.1 Å². The summed E-state index contributed by atoms with van der Waals surface area (Å²) in [6.45, 7) is 3.44. The van der Waals surface area contributed by atoms with Crippen molar-refractivity contribution < 1.29 is 27.5 Å². The molecule has 3 rings (SSSR count). The second-order valence-electron chi connectivity index (χ2n) is 6.88. The number of nitrogens with zero attached hydrogens (tertiary/aromatic N) is 1. The highest BCUT2D eigenvalue weighted by atomic mass is 35.5. The lowest BCUT2D eigenvalue weighted by atomic mass is 9.82. The molecule has 1 aliphatic heterocycles. The molecule has 5 nitrogen and oxygen atoms in total. The van der Waals surface area contributed by atoms with Crippen LogP contribution >= 0.6 is 35.0 Å². The summed E-state index contributed by atoms with van der Waals surface area (Å²) in [6.07, 6.45) is -3.34. The lowest BCUT2D eigenvalue weighted by molar-refractivity contribution is -0.139. The minimum atomic E-state index is -4.59. The van der Waals surface area contributed by atoms with Gasteiger partial charge in [0.05, 0.1) is 27.8 Å².